The van der Waals surface area contributed by atoms with Crippen molar-refractivity contribution < 1.29 is 19.1 Å². The number of carbonyl (C=O) groups is 2. The molecule has 4 aromatic rings. The van der Waals surface area contributed by atoms with Crippen LogP contribution in [0.1, 0.15) is 15.9 Å². The molecule has 33 heavy (non-hydrogen) atoms. The quantitative estimate of drug-likeness (QED) is 0.456. The van der Waals surface area contributed by atoms with Crippen LogP contribution < -0.4 is 16.6 Å². The van der Waals surface area contributed by atoms with Crippen LogP contribution in [0.15, 0.2) is 64.3 Å². The number of aryl methyl sites for hydroxylation is 1. The van der Waals surface area contributed by atoms with Gasteiger partial charge in [-0.15, -0.1) is 0 Å². The fourth-order valence-corrected chi connectivity index (χ4v) is 3.47. The van der Waals surface area contributed by atoms with Crippen molar-refractivity contribution in [2.75, 3.05) is 5.32 Å². The van der Waals surface area contributed by atoms with Gasteiger partial charge in [-0.2, -0.15) is 5.10 Å². The van der Waals surface area contributed by atoms with Crippen LogP contribution in [0.25, 0.3) is 11.0 Å². The molecule has 11 heteroatoms. The zero-order valence-corrected chi connectivity index (χ0v) is 17.4. The van der Waals surface area contributed by atoms with Crippen LogP contribution >= 0.6 is 0 Å². The van der Waals surface area contributed by atoms with Gasteiger partial charge in [0.05, 0.1) is 23.3 Å². The van der Waals surface area contributed by atoms with E-state index in [1.54, 1.807) is 13.1 Å². The van der Waals surface area contributed by atoms with Crippen molar-refractivity contribution in [3.63, 3.8) is 0 Å². The second-order valence-corrected chi connectivity index (χ2v) is 7.32. The minimum atomic E-state index is -1.22. The third-order valence-electron chi connectivity index (χ3n) is 5.00. The first-order chi connectivity index (χ1) is 15.7. The summed E-state index contributed by atoms with van der Waals surface area (Å²) < 4.78 is 16.6. The number of anilines is 1. The van der Waals surface area contributed by atoms with Crippen molar-refractivity contribution in [2.24, 2.45) is 7.05 Å². The number of para-hydroxylation sites is 1. The molecule has 1 amide bonds. The van der Waals surface area contributed by atoms with E-state index < -0.39 is 35.5 Å². The Kier molecular flexibility index (Phi) is 5.61. The lowest BCUT2D eigenvalue weighted by molar-refractivity contribution is -0.116. The van der Waals surface area contributed by atoms with Crippen molar-refractivity contribution in [3.05, 3.63) is 92.5 Å². The highest BCUT2D eigenvalue weighted by atomic mass is 19.1. The van der Waals surface area contributed by atoms with E-state index in [-0.39, 0.29) is 28.8 Å². The van der Waals surface area contributed by atoms with Gasteiger partial charge in [0.25, 0.3) is 5.56 Å². The lowest BCUT2D eigenvalue weighted by Crippen LogP contribution is -2.42. The molecule has 168 valence electrons. The molecule has 2 aromatic carbocycles. The number of carboxylic acids is 1. The molecular formula is C22H18FN5O5. The standard InChI is InChI=1S/C22H18FN5O5/c1-26-11-17-19(25-26)20(30)28(10-13-6-8-14(23)9-7-13)22(33)27(17)12-18(29)24-16-5-3-2-4-15(16)21(31)32/h2-9,11H,10,12H2,1H3,(H,24,29)(H,31,32). The summed E-state index contributed by atoms with van der Waals surface area (Å²) >= 11 is 0. The van der Waals surface area contributed by atoms with E-state index in [0.717, 1.165) is 9.13 Å². The number of hydrogen-bond donors (Lipinski definition) is 2. The van der Waals surface area contributed by atoms with Gasteiger partial charge < -0.3 is 10.4 Å². The smallest absolute Gasteiger partial charge is 0.337 e. The average molecular weight is 451 g/mol. The molecule has 0 saturated carbocycles. The number of halogens is 1. The van der Waals surface area contributed by atoms with Crippen LogP contribution in [0.5, 0.6) is 0 Å². The number of nitrogens with zero attached hydrogens (tertiary/aromatic N) is 4. The van der Waals surface area contributed by atoms with E-state index in [4.69, 9.17) is 0 Å². The lowest BCUT2D eigenvalue weighted by Gasteiger charge is -2.13. The number of aromatic carboxylic acids is 1. The van der Waals surface area contributed by atoms with Gasteiger partial charge in [-0.05, 0) is 29.8 Å². The maximum Gasteiger partial charge on any atom is 0.337 e. The summed E-state index contributed by atoms with van der Waals surface area (Å²) in [5, 5.41) is 15.9. The van der Waals surface area contributed by atoms with E-state index in [1.807, 2.05) is 0 Å². The van der Waals surface area contributed by atoms with E-state index in [2.05, 4.69) is 10.4 Å². The first kappa shape index (κ1) is 21.7. The Morgan fingerprint density at radius 3 is 2.45 bits per heavy atom. The number of amides is 1. The van der Waals surface area contributed by atoms with Gasteiger partial charge in [0, 0.05) is 13.2 Å². The Balaban J connectivity index is 1.75. The van der Waals surface area contributed by atoms with E-state index in [9.17, 15) is 28.7 Å². The summed E-state index contributed by atoms with van der Waals surface area (Å²) in [6.45, 7) is -0.632. The summed E-state index contributed by atoms with van der Waals surface area (Å²) in [7, 11) is 1.57. The first-order valence-electron chi connectivity index (χ1n) is 9.78. The molecule has 0 fully saturated rings. The van der Waals surface area contributed by atoms with Gasteiger partial charge in [0.2, 0.25) is 5.91 Å². The van der Waals surface area contributed by atoms with E-state index >= 15 is 0 Å². The predicted molar refractivity (Wildman–Crippen MR) is 117 cm³/mol. The largest absolute Gasteiger partial charge is 0.478 e. The molecule has 0 saturated heterocycles. The molecule has 0 spiro atoms. The number of hydrogen-bond acceptors (Lipinski definition) is 5. The van der Waals surface area contributed by atoms with E-state index in [1.165, 1.54) is 53.3 Å². The third kappa shape index (κ3) is 4.28. The summed E-state index contributed by atoms with van der Waals surface area (Å²) in [6, 6.07) is 11.2. The molecule has 0 unspecified atom stereocenters. The van der Waals surface area contributed by atoms with Crippen molar-refractivity contribution in [3.8, 4) is 0 Å². The van der Waals surface area contributed by atoms with Crippen LogP contribution in [0.4, 0.5) is 10.1 Å². The highest BCUT2D eigenvalue weighted by molar-refractivity contribution is 6.00. The Morgan fingerprint density at radius 2 is 1.76 bits per heavy atom. The molecule has 0 radical (unpaired) electrons. The van der Waals surface area contributed by atoms with Crippen LogP contribution in [-0.2, 0) is 24.9 Å². The number of nitrogens with one attached hydrogen (secondary N) is 1. The molecule has 0 aliphatic rings. The molecule has 10 nitrogen and oxygen atoms in total. The summed E-state index contributed by atoms with van der Waals surface area (Å²) in [4.78, 5) is 50.2. The molecule has 0 aliphatic heterocycles. The Hall–Kier alpha value is -4.54. The van der Waals surface area contributed by atoms with Gasteiger partial charge in [-0.3, -0.25) is 23.4 Å². The molecule has 4 rings (SSSR count). The Bertz CT molecular complexity index is 1500. The van der Waals surface area contributed by atoms with Crippen LogP contribution in [-0.4, -0.2) is 35.9 Å². The van der Waals surface area contributed by atoms with Gasteiger partial charge in [0.1, 0.15) is 12.4 Å². The molecule has 2 heterocycles. The average Bonchev–Trinajstić information content (AvgIpc) is 3.17. The molecule has 2 N–H and O–H groups in total. The second-order valence-electron chi connectivity index (χ2n) is 7.32. The molecule has 0 aliphatic carbocycles. The summed E-state index contributed by atoms with van der Waals surface area (Å²) in [5.74, 6) is -2.34. The van der Waals surface area contributed by atoms with Gasteiger partial charge in [-0.25, -0.2) is 14.0 Å². The summed E-state index contributed by atoms with van der Waals surface area (Å²) in [6.07, 6.45) is 1.44. The number of carbonyl (C=O) groups excluding carboxylic acids is 1. The highest BCUT2D eigenvalue weighted by Crippen LogP contribution is 2.15. The fourth-order valence-electron chi connectivity index (χ4n) is 3.47. The monoisotopic (exact) mass is 451 g/mol. The molecule has 2 aromatic heterocycles. The van der Waals surface area contributed by atoms with Crippen molar-refractivity contribution in [2.45, 2.75) is 13.1 Å². The molecule has 0 atom stereocenters. The van der Waals surface area contributed by atoms with Crippen LogP contribution in [0.3, 0.4) is 0 Å². The second kappa shape index (κ2) is 8.54. The first-order valence-corrected chi connectivity index (χ1v) is 9.78. The number of benzene rings is 2. The molecular weight excluding hydrogens is 433 g/mol. The van der Waals surface area contributed by atoms with Gasteiger partial charge in [-0.1, -0.05) is 24.3 Å². The third-order valence-corrected chi connectivity index (χ3v) is 5.00. The maximum absolute atomic E-state index is 13.2. The predicted octanol–water partition coefficient (Wildman–Crippen LogP) is 1.42. The van der Waals surface area contributed by atoms with Crippen molar-refractivity contribution in [1.82, 2.24) is 18.9 Å². The molecule has 0 bridgehead atoms. The number of aromatic nitrogens is 4. The van der Waals surface area contributed by atoms with Crippen molar-refractivity contribution in [1.29, 1.82) is 0 Å². The zero-order chi connectivity index (χ0) is 23.7. The zero-order valence-electron chi connectivity index (χ0n) is 17.4. The Labute approximate surface area is 185 Å². The topological polar surface area (TPSA) is 128 Å². The van der Waals surface area contributed by atoms with Crippen molar-refractivity contribution >= 4 is 28.6 Å². The summed E-state index contributed by atoms with van der Waals surface area (Å²) in [5.41, 5.74) is -0.782. The number of carboxylic acid groups (broad SMARTS) is 1. The fraction of sp³-hybridized carbons (Fsp3) is 0.136. The van der Waals surface area contributed by atoms with Gasteiger partial charge in [0.15, 0.2) is 5.52 Å². The van der Waals surface area contributed by atoms with Gasteiger partial charge >= 0.3 is 11.7 Å². The highest BCUT2D eigenvalue weighted by Gasteiger charge is 2.19. The Morgan fingerprint density at radius 1 is 1.06 bits per heavy atom. The van der Waals surface area contributed by atoms with Crippen LogP contribution in [0.2, 0.25) is 0 Å². The SMILES string of the molecule is Cn1cc2c(n1)c(=O)n(Cc1ccc(F)cc1)c(=O)n2CC(=O)Nc1ccccc1C(=O)O. The minimum absolute atomic E-state index is 0.0158. The number of fused-ring (bicyclic) bond motifs is 1. The normalized spacial score (nSPS) is 11.0. The maximum atomic E-state index is 13.2. The lowest BCUT2D eigenvalue weighted by atomic mass is 10.2. The minimum Gasteiger partial charge on any atom is -0.478 e. The number of rotatable bonds is 6. The van der Waals surface area contributed by atoms with Crippen LogP contribution in [0, 0.1) is 5.82 Å². The van der Waals surface area contributed by atoms with E-state index in [0.29, 0.717) is 5.56 Å².